The average Bonchev–Trinajstić information content (AvgIpc) is 2.82. The van der Waals surface area contributed by atoms with E-state index in [0.717, 1.165) is 12.2 Å². The number of nitrogens with one attached hydrogen (secondary N) is 1. The summed E-state index contributed by atoms with van der Waals surface area (Å²) in [6.45, 7) is 5.29. The Morgan fingerprint density at radius 1 is 1.44 bits per heavy atom. The van der Waals surface area contributed by atoms with Gasteiger partial charge in [-0.25, -0.2) is 4.79 Å². The summed E-state index contributed by atoms with van der Waals surface area (Å²) in [6.07, 6.45) is 0.576. The molecule has 2 rings (SSSR count). The van der Waals surface area contributed by atoms with E-state index in [-0.39, 0.29) is 12.2 Å². The predicted octanol–water partition coefficient (Wildman–Crippen LogP) is 2.69. The fraction of sp³-hybridized carbons (Fsp3) is 0.500. The molecule has 1 heterocycles. The number of hydrogen-bond donors (Lipinski definition) is 1. The molecule has 1 aromatic carbocycles. The van der Waals surface area contributed by atoms with Gasteiger partial charge in [0, 0.05) is 0 Å². The fourth-order valence-corrected chi connectivity index (χ4v) is 1.84. The molecule has 18 heavy (non-hydrogen) atoms. The van der Waals surface area contributed by atoms with Crippen LogP contribution in [0.2, 0.25) is 0 Å². The molecule has 0 aliphatic carbocycles. The van der Waals surface area contributed by atoms with Crippen molar-refractivity contribution in [3.63, 3.8) is 0 Å². The monoisotopic (exact) mass is 249 g/mol. The van der Waals surface area contributed by atoms with E-state index in [2.05, 4.69) is 31.3 Å². The van der Waals surface area contributed by atoms with E-state index in [9.17, 15) is 4.79 Å². The lowest BCUT2D eigenvalue weighted by Crippen LogP contribution is -2.21. The highest BCUT2D eigenvalue weighted by molar-refractivity contribution is 5.69. The maximum absolute atomic E-state index is 10.8. The first kappa shape index (κ1) is 12.7. The van der Waals surface area contributed by atoms with Gasteiger partial charge in [0.15, 0.2) is 6.10 Å². The van der Waals surface area contributed by atoms with E-state index in [1.54, 1.807) is 0 Å². The van der Waals surface area contributed by atoms with Gasteiger partial charge in [-0.15, -0.1) is 0 Å². The lowest BCUT2D eigenvalue weighted by Gasteiger charge is -2.12. The molecule has 2 unspecified atom stereocenters. The van der Waals surface area contributed by atoms with Crippen LogP contribution in [0.5, 0.6) is 5.75 Å². The molecule has 1 N–H and O–H groups in total. The number of rotatable bonds is 5. The fourth-order valence-electron chi connectivity index (χ4n) is 1.84. The zero-order valence-electron chi connectivity index (χ0n) is 10.8. The maximum Gasteiger partial charge on any atom is 0.407 e. The molecular weight excluding hydrogens is 230 g/mol. The van der Waals surface area contributed by atoms with Gasteiger partial charge in [0.05, 0.1) is 6.54 Å². The van der Waals surface area contributed by atoms with E-state index < -0.39 is 0 Å². The minimum atomic E-state index is -0.365. The summed E-state index contributed by atoms with van der Waals surface area (Å²) in [4.78, 5) is 10.8. The SMILES string of the molecule is CCC(C)c1ccc(OCC2CNC(=O)O2)cc1. The van der Waals surface area contributed by atoms with E-state index in [4.69, 9.17) is 9.47 Å². The highest BCUT2D eigenvalue weighted by Crippen LogP contribution is 2.21. The van der Waals surface area contributed by atoms with Crippen molar-refractivity contribution in [3.8, 4) is 5.75 Å². The normalized spacial score (nSPS) is 20.1. The molecule has 0 radical (unpaired) electrons. The summed E-state index contributed by atoms with van der Waals surface area (Å²) in [5.74, 6) is 1.38. The largest absolute Gasteiger partial charge is 0.490 e. The highest BCUT2D eigenvalue weighted by Gasteiger charge is 2.22. The number of benzene rings is 1. The van der Waals surface area contributed by atoms with Crippen molar-refractivity contribution in [1.29, 1.82) is 0 Å². The van der Waals surface area contributed by atoms with Crippen molar-refractivity contribution in [3.05, 3.63) is 29.8 Å². The molecule has 0 spiro atoms. The van der Waals surface area contributed by atoms with Crippen LogP contribution in [0.4, 0.5) is 4.79 Å². The lowest BCUT2D eigenvalue weighted by atomic mass is 9.99. The number of hydrogen-bond acceptors (Lipinski definition) is 3. The molecule has 4 nitrogen and oxygen atoms in total. The highest BCUT2D eigenvalue weighted by atomic mass is 16.6. The average molecular weight is 249 g/mol. The van der Waals surface area contributed by atoms with Crippen molar-refractivity contribution in [2.24, 2.45) is 0 Å². The second-order valence-corrected chi connectivity index (χ2v) is 4.60. The molecule has 2 atom stereocenters. The summed E-state index contributed by atoms with van der Waals surface area (Å²) in [5, 5.41) is 2.60. The van der Waals surface area contributed by atoms with Crippen LogP contribution in [0.15, 0.2) is 24.3 Å². The Kier molecular flexibility index (Phi) is 4.07. The molecule has 0 bridgehead atoms. The van der Waals surface area contributed by atoms with Crippen molar-refractivity contribution >= 4 is 6.09 Å². The molecule has 1 saturated heterocycles. The summed E-state index contributed by atoms with van der Waals surface area (Å²) in [6, 6.07) is 8.10. The minimum absolute atomic E-state index is 0.188. The molecule has 1 amide bonds. The van der Waals surface area contributed by atoms with Crippen molar-refractivity contribution in [2.75, 3.05) is 13.2 Å². The zero-order chi connectivity index (χ0) is 13.0. The zero-order valence-corrected chi connectivity index (χ0v) is 10.8. The number of amides is 1. The summed E-state index contributed by atoms with van der Waals surface area (Å²) < 4.78 is 10.6. The second kappa shape index (κ2) is 5.76. The van der Waals surface area contributed by atoms with Gasteiger partial charge in [-0.3, -0.25) is 0 Å². The smallest absolute Gasteiger partial charge is 0.407 e. The Hall–Kier alpha value is -1.71. The van der Waals surface area contributed by atoms with Gasteiger partial charge in [-0.05, 0) is 30.0 Å². The van der Waals surface area contributed by atoms with Crippen molar-refractivity contribution < 1.29 is 14.3 Å². The van der Waals surface area contributed by atoms with Gasteiger partial charge in [-0.1, -0.05) is 26.0 Å². The van der Waals surface area contributed by atoms with Gasteiger partial charge >= 0.3 is 6.09 Å². The number of carbonyl (C=O) groups excluding carboxylic acids is 1. The van der Waals surface area contributed by atoms with Crippen LogP contribution in [0.3, 0.4) is 0 Å². The van der Waals surface area contributed by atoms with Crippen LogP contribution in [-0.4, -0.2) is 25.3 Å². The van der Waals surface area contributed by atoms with E-state index in [0.29, 0.717) is 19.1 Å². The molecule has 0 saturated carbocycles. The third-order valence-corrected chi connectivity index (χ3v) is 3.25. The number of ether oxygens (including phenoxy) is 2. The number of cyclic esters (lactones) is 1. The summed E-state index contributed by atoms with van der Waals surface area (Å²) in [7, 11) is 0. The Balaban J connectivity index is 1.84. The van der Waals surface area contributed by atoms with Gasteiger partial charge in [0.1, 0.15) is 12.4 Å². The van der Waals surface area contributed by atoms with E-state index >= 15 is 0 Å². The van der Waals surface area contributed by atoms with E-state index in [1.165, 1.54) is 5.56 Å². The summed E-state index contributed by atoms with van der Waals surface area (Å²) in [5.41, 5.74) is 1.32. The van der Waals surface area contributed by atoms with Crippen LogP contribution in [0.1, 0.15) is 31.7 Å². The Labute approximate surface area is 107 Å². The standard InChI is InChI=1S/C14H19NO3/c1-3-10(2)11-4-6-12(7-5-11)17-9-13-8-15-14(16)18-13/h4-7,10,13H,3,8-9H2,1-2H3,(H,15,16). The van der Waals surface area contributed by atoms with Crippen molar-refractivity contribution in [1.82, 2.24) is 5.32 Å². The number of alkyl carbamates (subject to hydrolysis) is 1. The van der Waals surface area contributed by atoms with E-state index in [1.807, 2.05) is 12.1 Å². The lowest BCUT2D eigenvalue weighted by molar-refractivity contribution is 0.105. The van der Waals surface area contributed by atoms with Gasteiger partial charge in [0.25, 0.3) is 0 Å². The van der Waals surface area contributed by atoms with Crippen LogP contribution < -0.4 is 10.1 Å². The Morgan fingerprint density at radius 3 is 2.72 bits per heavy atom. The first-order chi connectivity index (χ1) is 8.69. The predicted molar refractivity (Wildman–Crippen MR) is 68.9 cm³/mol. The van der Waals surface area contributed by atoms with Crippen LogP contribution >= 0.6 is 0 Å². The van der Waals surface area contributed by atoms with Crippen LogP contribution in [0.25, 0.3) is 0 Å². The minimum Gasteiger partial charge on any atom is -0.490 e. The summed E-state index contributed by atoms with van der Waals surface area (Å²) >= 11 is 0. The third kappa shape index (κ3) is 3.15. The second-order valence-electron chi connectivity index (χ2n) is 4.60. The van der Waals surface area contributed by atoms with Gasteiger partial charge < -0.3 is 14.8 Å². The quantitative estimate of drug-likeness (QED) is 0.872. The third-order valence-electron chi connectivity index (χ3n) is 3.25. The van der Waals surface area contributed by atoms with Crippen molar-refractivity contribution in [2.45, 2.75) is 32.3 Å². The van der Waals surface area contributed by atoms with Crippen LogP contribution in [-0.2, 0) is 4.74 Å². The number of carbonyl (C=O) groups is 1. The molecule has 98 valence electrons. The molecule has 4 heteroatoms. The first-order valence-corrected chi connectivity index (χ1v) is 6.36. The molecule has 1 aliphatic heterocycles. The topological polar surface area (TPSA) is 47.6 Å². The molecular formula is C14H19NO3. The van der Waals surface area contributed by atoms with Crippen LogP contribution in [0, 0.1) is 0 Å². The molecule has 1 aromatic rings. The first-order valence-electron chi connectivity index (χ1n) is 6.36. The Morgan fingerprint density at radius 2 is 2.17 bits per heavy atom. The Bertz CT molecular complexity index is 402. The molecule has 1 fully saturated rings. The molecule has 1 aliphatic rings. The molecule has 0 aromatic heterocycles. The van der Waals surface area contributed by atoms with Gasteiger partial charge in [-0.2, -0.15) is 0 Å². The maximum atomic E-state index is 10.8. The van der Waals surface area contributed by atoms with Gasteiger partial charge in [0.2, 0.25) is 0 Å².